The highest BCUT2D eigenvalue weighted by Crippen LogP contribution is 2.42. The molecule has 0 unspecified atom stereocenters. The van der Waals surface area contributed by atoms with E-state index in [0.29, 0.717) is 11.3 Å². The van der Waals surface area contributed by atoms with E-state index >= 15 is 0 Å². The molecule has 8 aromatic rings. The van der Waals surface area contributed by atoms with Gasteiger partial charge in [0.15, 0.2) is 0 Å². The quantitative estimate of drug-likeness (QED) is 0.200. The third-order valence-electron chi connectivity index (χ3n) is 8.48. The molecule has 6 aromatic carbocycles. The smallest absolute Gasteiger partial charge is 0.204 e. The lowest BCUT2D eigenvalue weighted by Crippen LogP contribution is -1.95. The van der Waals surface area contributed by atoms with E-state index in [-0.39, 0.29) is 0 Å². The number of hydrogen-bond donors (Lipinski definition) is 0. The van der Waals surface area contributed by atoms with Crippen molar-refractivity contribution in [2.24, 2.45) is 0 Å². The molecule has 0 N–H and O–H groups in total. The molecule has 206 valence electrons. The van der Waals surface area contributed by atoms with Crippen LogP contribution in [0.1, 0.15) is 5.56 Å². The van der Waals surface area contributed by atoms with Gasteiger partial charge >= 0.3 is 0 Å². The molecule has 0 spiro atoms. The first kappa shape index (κ1) is 25.4. The summed E-state index contributed by atoms with van der Waals surface area (Å²) in [7, 11) is 1.68. The molecule has 0 bridgehead atoms. The number of aromatic nitrogens is 2. The molecule has 0 aliphatic heterocycles. The fourth-order valence-corrected chi connectivity index (χ4v) is 6.54. The molecular weight excluding hydrogens is 540 g/mol. The Kier molecular flexibility index (Phi) is 5.72. The number of hydrogen-bond acceptors (Lipinski definition) is 2. The van der Waals surface area contributed by atoms with Gasteiger partial charge in [0.05, 0.1) is 47.4 Å². The predicted octanol–water partition coefficient (Wildman–Crippen LogP) is 9.98. The molecule has 0 saturated heterocycles. The monoisotopic (exact) mass is 564 g/mol. The number of nitrogens with zero attached hydrogens (tertiary/aromatic N) is 4. The molecule has 0 atom stereocenters. The molecule has 0 amide bonds. The maximum atomic E-state index is 9.78. The van der Waals surface area contributed by atoms with Gasteiger partial charge in [0.2, 0.25) is 5.69 Å². The van der Waals surface area contributed by atoms with Gasteiger partial charge in [0.25, 0.3) is 0 Å². The lowest BCUT2D eigenvalue weighted by molar-refractivity contribution is 0.415. The second-order valence-corrected chi connectivity index (χ2v) is 10.8. The van der Waals surface area contributed by atoms with Crippen LogP contribution in [0.4, 0.5) is 5.69 Å². The van der Waals surface area contributed by atoms with E-state index in [1.165, 1.54) is 16.3 Å². The molecule has 2 heterocycles. The standard InChI is InChI=1S/C39H24N4O/c1-41-34-19-16-28(21-26(34)24-40)43-36-20-17-29(44-2)23-33(36)39-30(12-8-14-37(39)43)25-15-18-32-31-11-6-7-13-35(31)42(38(32)22-25)27-9-4-3-5-10-27/h3-23H,2H3. The number of methoxy groups -OCH3 is 1. The molecule has 0 radical (unpaired) electrons. The predicted molar refractivity (Wildman–Crippen MR) is 178 cm³/mol. The van der Waals surface area contributed by atoms with Crippen LogP contribution in [-0.2, 0) is 0 Å². The molecule has 44 heavy (non-hydrogen) atoms. The molecule has 0 aliphatic carbocycles. The van der Waals surface area contributed by atoms with Crippen LogP contribution in [0.25, 0.3) is 71.0 Å². The van der Waals surface area contributed by atoms with Crippen LogP contribution in [0.3, 0.4) is 0 Å². The average molecular weight is 565 g/mol. The van der Waals surface area contributed by atoms with Crippen LogP contribution in [0.5, 0.6) is 5.75 Å². The van der Waals surface area contributed by atoms with Crippen LogP contribution in [0.2, 0.25) is 0 Å². The van der Waals surface area contributed by atoms with Crippen LogP contribution in [0, 0.1) is 17.9 Å². The normalized spacial score (nSPS) is 11.2. The highest BCUT2D eigenvalue weighted by molar-refractivity contribution is 6.17. The van der Waals surface area contributed by atoms with Gasteiger partial charge in [0, 0.05) is 32.9 Å². The number of benzene rings is 6. The topological polar surface area (TPSA) is 47.2 Å². The maximum absolute atomic E-state index is 9.78. The van der Waals surface area contributed by atoms with Crippen molar-refractivity contribution in [3.8, 4) is 34.3 Å². The highest BCUT2D eigenvalue weighted by Gasteiger charge is 2.19. The lowest BCUT2D eigenvalue weighted by atomic mass is 9.98. The molecule has 8 rings (SSSR count). The Labute approximate surface area is 253 Å². The van der Waals surface area contributed by atoms with E-state index in [0.717, 1.165) is 55.6 Å². The second-order valence-electron chi connectivity index (χ2n) is 10.8. The fraction of sp³-hybridized carbons (Fsp3) is 0.0256. The first-order chi connectivity index (χ1) is 21.7. The van der Waals surface area contributed by atoms with Gasteiger partial charge in [-0.3, -0.25) is 0 Å². The zero-order valence-corrected chi connectivity index (χ0v) is 23.8. The SMILES string of the molecule is [C-]#[N+]c1ccc(-n2c3ccc(OC)cc3c3c(-c4ccc5c6ccccc6n(-c6ccccc6)c5c4)cccc32)cc1C#N. The largest absolute Gasteiger partial charge is 0.497 e. The number of para-hydroxylation sites is 2. The highest BCUT2D eigenvalue weighted by atomic mass is 16.5. The molecule has 0 aliphatic rings. The Bertz CT molecular complexity index is 2510. The van der Waals surface area contributed by atoms with Gasteiger partial charge in [-0.15, -0.1) is 0 Å². The van der Waals surface area contributed by atoms with Crippen molar-refractivity contribution in [1.82, 2.24) is 9.13 Å². The number of rotatable bonds is 4. The van der Waals surface area contributed by atoms with Gasteiger partial charge in [0.1, 0.15) is 5.75 Å². The zero-order chi connectivity index (χ0) is 29.8. The van der Waals surface area contributed by atoms with Crippen molar-refractivity contribution < 1.29 is 4.74 Å². The molecule has 2 aromatic heterocycles. The minimum atomic E-state index is 0.349. The summed E-state index contributed by atoms with van der Waals surface area (Å²) in [5.41, 5.74) is 9.17. The van der Waals surface area contributed by atoms with Crippen LogP contribution in [0.15, 0.2) is 127 Å². The summed E-state index contributed by atoms with van der Waals surface area (Å²) in [4.78, 5) is 3.53. The molecule has 0 fully saturated rings. The van der Waals surface area contributed by atoms with Gasteiger partial charge in [-0.25, -0.2) is 4.85 Å². The maximum Gasteiger partial charge on any atom is 0.204 e. The van der Waals surface area contributed by atoms with Gasteiger partial charge < -0.3 is 13.9 Å². The summed E-state index contributed by atoms with van der Waals surface area (Å²) in [6.07, 6.45) is 0. The summed E-state index contributed by atoms with van der Waals surface area (Å²) in [5.74, 6) is 0.770. The van der Waals surface area contributed by atoms with E-state index in [9.17, 15) is 5.26 Å². The summed E-state index contributed by atoms with van der Waals surface area (Å²) in [5, 5.41) is 14.3. The van der Waals surface area contributed by atoms with E-state index in [1.54, 1.807) is 19.2 Å². The lowest BCUT2D eigenvalue weighted by Gasteiger charge is -2.11. The first-order valence-corrected chi connectivity index (χ1v) is 14.3. The van der Waals surface area contributed by atoms with E-state index in [2.05, 4.69) is 117 Å². The van der Waals surface area contributed by atoms with Gasteiger partial charge in [-0.1, -0.05) is 66.7 Å². The second kappa shape index (κ2) is 9.91. The Morgan fingerprint density at radius 3 is 2.20 bits per heavy atom. The van der Waals surface area contributed by atoms with E-state index in [4.69, 9.17) is 11.3 Å². The summed E-state index contributed by atoms with van der Waals surface area (Å²) in [6.45, 7) is 7.48. The Balaban J connectivity index is 1.45. The summed E-state index contributed by atoms with van der Waals surface area (Å²) in [6, 6.07) is 45.9. The van der Waals surface area contributed by atoms with Crippen LogP contribution < -0.4 is 4.74 Å². The first-order valence-electron chi connectivity index (χ1n) is 14.3. The minimum absolute atomic E-state index is 0.349. The Hall–Kier alpha value is -6.30. The van der Waals surface area contributed by atoms with Gasteiger partial charge in [-0.05, 0) is 71.8 Å². The van der Waals surface area contributed by atoms with E-state index in [1.807, 2.05) is 18.2 Å². The van der Waals surface area contributed by atoms with Crippen molar-refractivity contribution >= 4 is 49.3 Å². The summed E-state index contributed by atoms with van der Waals surface area (Å²) >= 11 is 0. The fourth-order valence-electron chi connectivity index (χ4n) is 6.54. The number of nitriles is 1. The van der Waals surface area contributed by atoms with Crippen molar-refractivity contribution in [2.75, 3.05) is 7.11 Å². The average Bonchev–Trinajstić information content (AvgIpc) is 3.60. The van der Waals surface area contributed by atoms with Crippen molar-refractivity contribution in [3.05, 3.63) is 144 Å². The minimum Gasteiger partial charge on any atom is -0.497 e. The van der Waals surface area contributed by atoms with Crippen LogP contribution >= 0.6 is 0 Å². The number of ether oxygens (including phenoxy) is 1. The van der Waals surface area contributed by atoms with Crippen molar-refractivity contribution in [1.29, 1.82) is 5.26 Å². The van der Waals surface area contributed by atoms with Gasteiger partial charge in [-0.2, -0.15) is 5.26 Å². The third kappa shape index (κ3) is 3.71. The van der Waals surface area contributed by atoms with Crippen molar-refractivity contribution in [3.63, 3.8) is 0 Å². The Morgan fingerprint density at radius 2 is 1.39 bits per heavy atom. The van der Waals surface area contributed by atoms with E-state index < -0.39 is 0 Å². The summed E-state index contributed by atoms with van der Waals surface area (Å²) < 4.78 is 10.2. The van der Waals surface area contributed by atoms with Crippen molar-refractivity contribution in [2.45, 2.75) is 0 Å². The molecule has 0 saturated carbocycles. The molecule has 5 nitrogen and oxygen atoms in total. The van der Waals surface area contributed by atoms with Crippen LogP contribution in [-0.4, -0.2) is 16.2 Å². The zero-order valence-electron chi connectivity index (χ0n) is 23.8. The molecular formula is C39H24N4O. The Morgan fingerprint density at radius 1 is 0.636 bits per heavy atom. The third-order valence-corrected chi connectivity index (χ3v) is 8.48. The number of fused-ring (bicyclic) bond motifs is 6. The molecule has 5 heteroatoms.